The molecule has 2 aliphatic rings. The summed E-state index contributed by atoms with van der Waals surface area (Å²) in [6, 6.07) is 9.13. The van der Waals surface area contributed by atoms with Gasteiger partial charge in [0.25, 0.3) is 0 Å². The number of benzene rings is 1. The van der Waals surface area contributed by atoms with Crippen LogP contribution in [0.1, 0.15) is 50.7 Å². The summed E-state index contributed by atoms with van der Waals surface area (Å²) in [5.74, 6) is 0.662. The zero-order chi connectivity index (χ0) is 22.7. The van der Waals surface area contributed by atoms with E-state index in [1.54, 1.807) is 0 Å². The number of fused-ring (bicyclic) bond motifs is 1. The number of aromatic nitrogens is 2. The number of rotatable bonds is 8. The summed E-state index contributed by atoms with van der Waals surface area (Å²) < 4.78 is 5.67. The molecule has 1 aromatic carbocycles. The normalized spacial score (nSPS) is 20.8. The minimum atomic E-state index is -0.138. The smallest absolute Gasteiger partial charge is 0.320 e. The molecule has 5 N–H and O–H groups in total. The van der Waals surface area contributed by atoms with E-state index in [-0.39, 0.29) is 30.4 Å². The number of nitrogen functional groups attached to an aromatic ring is 1. The molecule has 2 aromatic rings. The lowest BCUT2D eigenvalue weighted by Crippen LogP contribution is -2.40. The Hall–Kier alpha value is -2.91. The van der Waals surface area contributed by atoms with Crippen LogP contribution in [0.25, 0.3) is 0 Å². The third kappa shape index (κ3) is 4.94. The Morgan fingerprint density at radius 2 is 2.00 bits per heavy atom. The number of unbranched alkanes of at least 4 members (excludes halogenated alkanes) is 1. The van der Waals surface area contributed by atoms with Gasteiger partial charge in [0.1, 0.15) is 5.69 Å². The highest BCUT2D eigenvalue weighted by Crippen LogP contribution is 2.34. The number of amides is 1. The molecular weight excluding hydrogens is 406 g/mol. The Kier molecular flexibility index (Phi) is 6.76. The standard InChI is InChI=1S/C23H33N7O2/c1-3-4-10-32-23-27-21(25)20-22(28-23)29(14-19(31)26-20)12-16-6-5-7-17(11-16)13-30-15(2)8-9-18(30)24/h5-7,11,15,18H,3-4,8-10,12-14,24H2,1-2H3,(H,26,31)(H2,25,27,28). The van der Waals surface area contributed by atoms with Crippen LogP contribution in [0.2, 0.25) is 0 Å². The number of nitrogens with one attached hydrogen (secondary N) is 1. The van der Waals surface area contributed by atoms with Gasteiger partial charge in [0, 0.05) is 19.1 Å². The van der Waals surface area contributed by atoms with Crippen molar-refractivity contribution < 1.29 is 9.53 Å². The fourth-order valence-corrected chi connectivity index (χ4v) is 4.33. The summed E-state index contributed by atoms with van der Waals surface area (Å²) in [6.45, 7) is 6.38. The van der Waals surface area contributed by atoms with E-state index in [2.05, 4.69) is 58.3 Å². The third-order valence-electron chi connectivity index (χ3n) is 6.13. The quantitative estimate of drug-likeness (QED) is 0.536. The maximum atomic E-state index is 12.3. The van der Waals surface area contributed by atoms with E-state index in [4.69, 9.17) is 16.2 Å². The van der Waals surface area contributed by atoms with Crippen molar-refractivity contribution in [3.05, 3.63) is 35.4 Å². The van der Waals surface area contributed by atoms with Crippen LogP contribution in [0.3, 0.4) is 0 Å². The second kappa shape index (κ2) is 9.70. The number of nitrogens with two attached hydrogens (primary N) is 2. The molecule has 3 heterocycles. The average molecular weight is 440 g/mol. The van der Waals surface area contributed by atoms with E-state index in [9.17, 15) is 4.79 Å². The molecule has 1 fully saturated rings. The highest BCUT2D eigenvalue weighted by Gasteiger charge is 2.29. The van der Waals surface area contributed by atoms with Gasteiger partial charge < -0.3 is 26.4 Å². The molecular formula is C23H33N7O2. The van der Waals surface area contributed by atoms with Crippen molar-refractivity contribution in [1.29, 1.82) is 0 Å². The van der Waals surface area contributed by atoms with Crippen molar-refractivity contribution in [1.82, 2.24) is 14.9 Å². The Morgan fingerprint density at radius 3 is 2.72 bits per heavy atom. The van der Waals surface area contributed by atoms with Crippen molar-refractivity contribution in [2.24, 2.45) is 5.73 Å². The summed E-state index contributed by atoms with van der Waals surface area (Å²) in [5.41, 5.74) is 15.1. The SMILES string of the molecule is CCCCOc1nc(N)c2c(n1)N(Cc1cccc(CN3C(C)CCC3N)c1)CC(=O)N2. The van der Waals surface area contributed by atoms with E-state index in [0.29, 0.717) is 30.7 Å². The molecule has 1 aromatic heterocycles. The number of nitrogens with zero attached hydrogens (tertiary/aromatic N) is 4. The molecule has 1 saturated heterocycles. The average Bonchev–Trinajstić information content (AvgIpc) is 3.07. The van der Waals surface area contributed by atoms with Gasteiger partial charge in [-0.1, -0.05) is 37.6 Å². The first-order valence-electron chi connectivity index (χ1n) is 11.4. The van der Waals surface area contributed by atoms with E-state index < -0.39 is 0 Å². The summed E-state index contributed by atoms with van der Waals surface area (Å²) in [5, 5.41) is 2.80. The Bertz CT molecular complexity index is 957. The zero-order valence-corrected chi connectivity index (χ0v) is 18.9. The van der Waals surface area contributed by atoms with Crippen LogP contribution in [0, 0.1) is 0 Å². The molecule has 1 amide bonds. The topological polar surface area (TPSA) is 123 Å². The number of likely N-dealkylation sites (tertiary alicyclic amines) is 1. The maximum Gasteiger partial charge on any atom is 0.320 e. The molecule has 9 nitrogen and oxygen atoms in total. The molecule has 2 aliphatic heterocycles. The summed E-state index contributed by atoms with van der Waals surface area (Å²) in [7, 11) is 0. The lowest BCUT2D eigenvalue weighted by molar-refractivity contribution is -0.115. The van der Waals surface area contributed by atoms with Gasteiger partial charge in [0.15, 0.2) is 11.6 Å². The number of carbonyl (C=O) groups is 1. The molecule has 0 radical (unpaired) electrons. The van der Waals surface area contributed by atoms with Gasteiger partial charge >= 0.3 is 6.01 Å². The second-order valence-electron chi connectivity index (χ2n) is 8.68. The van der Waals surface area contributed by atoms with Crippen LogP contribution in [-0.4, -0.2) is 46.1 Å². The minimum Gasteiger partial charge on any atom is -0.463 e. The lowest BCUT2D eigenvalue weighted by atomic mass is 10.1. The first-order chi connectivity index (χ1) is 15.4. The van der Waals surface area contributed by atoms with Crippen molar-refractivity contribution in [2.45, 2.75) is 64.8 Å². The highest BCUT2D eigenvalue weighted by atomic mass is 16.5. The summed E-state index contributed by atoms with van der Waals surface area (Å²) in [4.78, 5) is 25.4. The van der Waals surface area contributed by atoms with E-state index in [0.717, 1.165) is 37.8 Å². The molecule has 0 spiro atoms. The fourth-order valence-electron chi connectivity index (χ4n) is 4.33. The largest absolute Gasteiger partial charge is 0.463 e. The minimum absolute atomic E-state index is 0.108. The van der Waals surface area contributed by atoms with Crippen LogP contribution in [-0.2, 0) is 17.9 Å². The molecule has 0 aliphatic carbocycles. The first-order valence-corrected chi connectivity index (χ1v) is 11.4. The van der Waals surface area contributed by atoms with Crippen molar-refractivity contribution in [2.75, 3.05) is 29.1 Å². The summed E-state index contributed by atoms with van der Waals surface area (Å²) >= 11 is 0. The molecule has 172 valence electrons. The van der Waals surface area contributed by atoms with Crippen LogP contribution in [0.4, 0.5) is 17.3 Å². The zero-order valence-electron chi connectivity index (χ0n) is 18.9. The van der Waals surface area contributed by atoms with E-state index in [1.165, 1.54) is 5.56 Å². The Morgan fingerprint density at radius 1 is 1.22 bits per heavy atom. The van der Waals surface area contributed by atoms with Gasteiger partial charge in [-0.05, 0) is 37.3 Å². The molecule has 2 unspecified atom stereocenters. The molecule has 0 saturated carbocycles. The second-order valence-corrected chi connectivity index (χ2v) is 8.68. The van der Waals surface area contributed by atoms with Crippen LogP contribution in [0.5, 0.6) is 6.01 Å². The van der Waals surface area contributed by atoms with Gasteiger partial charge in [-0.25, -0.2) is 0 Å². The van der Waals surface area contributed by atoms with Gasteiger partial charge in [-0.3, -0.25) is 9.69 Å². The fraction of sp³-hybridized carbons (Fsp3) is 0.522. The highest BCUT2D eigenvalue weighted by molar-refractivity contribution is 6.03. The van der Waals surface area contributed by atoms with Crippen molar-refractivity contribution in [3.8, 4) is 6.01 Å². The summed E-state index contributed by atoms with van der Waals surface area (Å²) in [6.07, 6.45) is 4.19. The lowest BCUT2D eigenvalue weighted by Gasteiger charge is -2.30. The maximum absolute atomic E-state index is 12.3. The first kappa shape index (κ1) is 22.3. The van der Waals surface area contributed by atoms with Gasteiger partial charge in [0.2, 0.25) is 5.91 Å². The number of hydrogen-bond donors (Lipinski definition) is 3. The monoisotopic (exact) mass is 439 g/mol. The predicted molar refractivity (Wildman–Crippen MR) is 125 cm³/mol. The number of carbonyl (C=O) groups excluding carboxylic acids is 1. The van der Waals surface area contributed by atoms with Crippen molar-refractivity contribution >= 4 is 23.2 Å². The number of hydrogen-bond acceptors (Lipinski definition) is 8. The Balaban J connectivity index is 1.54. The van der Waals surface area contributed by atoms with Crippen molar-refractivity contribution in [3.63, 3.8) is 0 Å². The third-order valence-corrected chi connectivity index (χ3v) is 6.13. The predicted octanol–water partition coefficient (Wildman–Crippen LogP) is 2.47. The molecule has 9 heteroatoms. The van der Waals surface area contributed by atoms with E-state index >= 15 is 0 Å². The molecule has 0 bridgehead atoms. The Labute approximate surface area is 189 Å². The van der Waals surface area contributed by atoms with Crippen LogP contribution < -0.4 is 26.4 Å². The van der Waals surface area contributed by atoms with Crippen LogP contribution in [0.15, 0.2) is 24.3 Å². The number of ether oxygens (including phenoxy) is 1. The molecule has 4 rings (SSSR count). The van der Waals surface area contributed by atoms with Crippen LogP contribution >= 0.6 is 0 Å². The number of anilines is 3. The van der Waals surface area contributed by atoms with Gasteiger partial charge in [-0.15, -0.1) is 0 Å². The van der Waals surface area contributed by atoms with Gasteiger partial charge in [-0.2, -0.15) is 9.97 Å². The molecule has 32 heavy (non-hydrogen) atoms. The van der Waals surface area contributed by atoms with Gasteiger partial charge in [0.05, 0.1) is 19.3 Å². The molecule has 2 atom stereocenters. The van der Waals surface area contributed by atoms with E-state index in [1.807, 2.05) is 4.90 Å².